The number of benzene rings is 1. The maximum absolute atomic E-state index is 5.77. The van der Waals surface area contributed by atoms with Crippen molar-refractivity contribution in [2.75, 3.05) is 13.2 Å². The van der Waals surface area contributed by atoms with Gasteiger partial charge in [-0.3, -0.25) is 0 Å². The Kier molecular flexibility index (Phi) is 11.4. The van der Waals surface area contributed by atoms with E-state index in [2.05, 4.69) is 50.3 Å². The monoisotopic (exact) mass is 386 g/mol. The first-order valence-electron chi connectivity index (χ1n) is 11.8. The highest BCUT2D eigenvalue weighted by Gasteiger charge is 2.40. The molecule has 1 aliphatic rings. The molecule has 1 aromatic rings. The minimum absolute atomic E-state index is 0.0488. The molecule has 2 nitrogen and oxygen atoms in total. The molecule has 1 saturated heterocycles. The first kappa shape index (κ1) is 23.0. The van der Waals surface area contributed by atoms with Crippen molar-refractivity contribution in [1.29, 1.82) is 0 Å². The lowest BCUT2D eigenvalue weighted by molar-refractivity contribution is 0.202. The molecule has 1 aliphatic heterocycles. The number of epoxide rings is 1. The van der Waals surface area contributed by atoms with Crippen molar-refractivity contribution in [3.8, 4) is 5.75 Å². The largest absolute Gasteiger partial charge is 0.491 e. The van der Waals surface area contributed by atoms with E-state index in [1.165, 1.54) is 89.0 Å². The summed E-state index contributed by atoms with van der Waals surface area (Å²) in [4.78, 5) is 0. The SMILES string of the molecule is CCCCCCCCCCCCCC/C=C/c1ccc(OCC2(C)CO2)cc1. The number of ether oxygens (including phenoxy) is 2. The van der Waals surface area contributed by atoms with Crippen LogP contribution in [0.25, 0.3) is 6.08 Å². The van der Waals surface area contributed by atoms with Crippen LogP contribution in [0.4, 0.5) is 0 Å². The van der Waals surface area contributed by atoms with Crippen LogP contribution in [0.3, 0.4) is 0 Å². The number of allylic oxidation sites excluding steroid dienone is 1. The van der Waals surface area contributed by atoms with Crippen LogP contribution in [0.1, 0.15) is 103 Å². The highest BCUT2D eigenvalue weighted by Crippen LogP contribution is 2.27. The first-order chi connectivity index (χ1) is 13.7. The fraction of sp³-hybridized carbons (Fsp3) is 0.692. The van der Waals surface area contributed by atoms with E-state index >= 15 is 0 Å². The van der Waals surface area contributed by atoms with Gasteiger partial charge in [0.05, 0.1) is 6.61 Å². The Labute approximate surface area is 173 Å². The zero-order valence-corrected chi connectivity index (χ0v) is 18.4. The lowest BCUT2D eigenvalue weighted by atomic mass is 10.0. The zero-order valence-electron chi connectivity index (χ0n) is 18.4. The second kappa shape index (κ2) is 13.8. The van der Waals surface area contributed by atoms with E-state index in [9.17, 15) is 0 Å². The van der Waals surface area contributed by atoms with Gasteiger partial charge in [0.2, 0.25) is 0 Å². The zero-order chi connectivity index (χ0) is 19.9. The molecule has 0 N–H and O–H groups in total. The molecule has 1 atom stereocenters. The predicted octanol–water partition coefficient (Wildman–Crippen LogP) is 7.96. The van der Waals surface area contributed by atoms with E-state index in [0.29, 0.717) is 6.61 Å². The van der Waals surface area contributed by atoms with Crippen LogP contribution in [0.2, 0.25) is 0 Å². The normalized spacial score (nSPS) is 18.6. The molecule has 1 fully saturated rings. The van der Waals surface area contributed by atoms with Crippen LogP contribution in [-0.4, -0.2) is 18.8 Å². The fourth-order valence-corrected chi connectivity index (χ4v) is 3.44. The molecule has 0 saturated carbocycles. The average Bonchev–Trinajstić information content (AvgIpc) is 3.45. The molecule has 0 aliphatic carbocycles. The third kappa shape index (κ3) is 10.9. The van der Waals surface area contributed by atoms with Gasteiger partial charge in [0.1, 0.15) is 18.0 Å². The summed E-state index contributed by atoms with van der Waals surface area (Å²) in [5.41, 5.74) is 1.20. The molecule has 0 amide bonds. The Hall–Kier alpha value is -1.28. The number of hydrogen-bond acceptors (Lipinski definition) is 2. The molecule has 0 aromatic heterocycles. The molecule has 1 unspecified atom stereocenters. The van der Waals surface area contributed by atoms with Gasteiger partial charge in [-0.1, -0.05) is 102 Å². The molecule has 1 aromatic carbocycles. The van der Waals surface area contributed by atoms with Crippen LogP contribution in [0, 0.1) is 0 Å². The van der Waals surface area contributed by atoms with Crippen LogP contribution in [0.5, 0.6) is 5.75 Å². The van der Waals surface area contributed by atoms with Gasteiger partial charge in [0.15, 0.2) is 0 Å². The smallest absolute Gasteiger partial charge is 0.123 e. The molecular weight excluding hydrogens is 344 g/mol. The lowest BCUT2D eigenvalue weighted by Gasteiger charge is -2.08. The Morgan fingerprint density at radius 1 is 0.857 bits per heavy atom. The van der Waals surface area contributed by atoms with E-state index in [0.717, 1.165) is 12.4 Å². The fourth-order valence-electron chi connectivity index (χ4n) is 3.44. The van der Waals surface area contributed by atoms with Crippen molar-refractivity contribution in [2.24, 2.45) is 0 Å². The Bertz CT molecular complexity index is 528. The third-order valence-electron chi connectivity index (χ3n) is 5.60. The van der Waals surface area contributed by atoms with Crippen molar-refractivity contribution in [2.45, 2.75) is 103 Å². The van der Waals surface area contributed by atoms with Crippen LogP contribution in [-0.2, 0) is 4.74 Å². The van der Waals surface area contributed by atoms with Crippen molar-refractivity contribution >= 4 is 6.08 Å². The molecular formula is C26H42O2. The molecule has 2 heteroatoms. The Balaban J connectivity index is 1.40. The molecule has 158 valence electrons. The Morgan fingerprint density at radius 3 is 1.93 bits per heavy atom. The van der Waals surface area contributed by atoms with Gasteiger partial charge in [0, 0.05) is 0 Å². The summed E-state index contributed by atoms with van der Waals surface area (Å²) in [6.45, 7) is 5.82. The summed E-state index contributed by atoms with van der Waals surface area (Å²) in [6.07, 6.45) is 22.7. The number of unbranched alkanes of at least 4 members (excludes halogenated alkanes) is 12. The summed E-state index contributed by atoms with van der Waals surface area (Å²) < 4.78 is 11.1. The highest BCUT2D eigenvalue weighted by molar-refractivity contribution is 5.50. The van der Waals surface area contributed by atoms with Crippen molar-refractivity contribution in [3.05, 3.63) is 35.9 Å². The maximum Gasteiger partial charge on any atom is 0.123 e. The van der Waals surface area contributed by atoms with Gasteiger partial charge >= 0.3 is 0 Å². The number of hydrogen-bond donors (Lipinski definition) is 0. The second-order valence-corrected chi connectivity index (χ2v) is 8.68. The van der Waals surface area contributed by atoms with E-state index in [1.807, 2.05) is 0 Å². The molecule has 0 bridgehead atoms. The minimum atomic E-state index is -0.0488. The topological polar surface area (TPSA) is 21.8 Å². The average molecular weight is 387 g/mol. The highest BCUT2D eigenvalue weighted by atomic mass is 16.6. The van der Waals surface area contributed by atoms with Crippen molar-refractivity contribution in [1.82, 2.24) is 0 Å². The van der Waals surface area contributed by atoms with E-state index < -0.39 is 0 Å². The van der Waals surface area contributed by atoms with Crippen molar-refractivity contribution < 1.29 is 9.47 Å². The Morgan fingerprint density at radius 2 is 1.39 bits per heavy atom. The summed E-state index contributed by atoms with van der Waals surface area (Å²) in [6, 6.07) is 8.36. The molecule has 1 heterocycles. The first-order valence-corrected chi connectivity index (χ1v) is 11.8. The molecule has 28 heavy (non-hydrogen) atoms. The van der Waals surface area contributed by atoms with Gasteiger partial charge in [-0.25, -0.2) is 0 Å². The standard InChI is InChI=1S/C26H42O2/c1-3-4-5-6-7-8-9-10-11-12-13-14-15-16-17-24-18-20-25(21-19-24)27-22-26(2)23-28-26/h16-21H,3-15,22-23H2,1-2H3/b17-16+. The summed E-state index contributed by atoms with van der Waals surface area (Å²) >= 11 is 0. The van der Waals surface area contributed by atoms with Crippen LogP contribution >= 0.6 is 0 Å². The number of rotatable bonds is 17. The van der Waals surface area contributed by atoms with Gasteiger partial charge in [-0.15, -0.1) is 0 Å². The predicted molar refractivity (Wildman–Crippen MR) is 121 cm³/mol. The van der Waals surface area contributed by atoms with Gasteiger partial charge in [0.25, 0.3) is 0 Å². The molecule has 2 rings (SSSR count). The molecule has 0 spiro atoms. The van der Waals surface area contributed by atoms with Gasteiger partial charge in [-0.05, 0) is 37.5 Å². The third-order valence-corrected chi connectivity index (χ3v) is 5.60. The summed E-state index contributed by atoms with van der Waals surface area (Å²) in [7, 11) is 0. The van der Waals surface area contributed by atoms with Crippen LogP contribution in [0.15, 0.2) is 30.3 Å². The summed E-state index contributed by atoms with van der Waals surface area (Å²) in [5.74, 6) is 0.926. The van der Waals surface area contributed by atoms with Gasteiger partial charge < -0.3 is 9.47 Å². The van der Waals surface area contributed by atoms with E-state index in [-0.39, 0.29) is 5.60 Å². The maximum atomic E-state index is 5.77. The second-order valence-electron chi connectivity index (χ2n) is 8.68. The quantitative estimate of drug-likeness (QED) is 0.200. The van der Waals surface area contributed by atoms with Crippen LogP contribution < -0.4 is 4.74 Å². The van der Waals surface area contributed by atoms with Crippen molar-refractivity contribution in [3.63, 3.8) is 0 Å². The van der Waals surface area contributed by atoms with E-state index in [1.54, 1.807) is 0 Å². The van der Waals surface area contributed by atoms with E-state index in [4.69, 9.17) is 9.47 Å². The summed E-state index contributed by atoms with van der Waals surface area (Å²) in [5, 5.41) is 0. The minimum Gasteiger partial charge on any atom is -0.491 e. The lowest BCUT2D eigenvalue weighted by Crippen LogP contribution is -2.16. The van der Waals surface area contributed by atoms with Gasteiger partial charge in [-0.2, -0.15) is 0 Å². The molecule has 0 radical (unpaired) electrons.